The Morgan fingerprint density at radius 1 is 1.16 bits per heavy atom. The highest BCUT2D eigenvalue weighted by Gasteiger charge is 2.21. The lowest BCUT2D eigenvalue weighted by molar-refractivity contribution is 0.100. The summed E-state index contributed by atoms with van der Waals surface area (Å²) in [7, 11) is 0. The number of amides is 1. The summed E-state index contributed by atoms with van der Waals surface area (Å²) in [6, 6.07) is 16.5. The van der Waals surface area contributed by atoms with Crippen molar-refractivity contribution in [3.05, 3.63) is 83.8 Å². The van der Waals surface area contributed by atoms with Crippen LogP contribution >= 0.6 is 0 Å². The minimum Gasteiger partial charge on any atom is -0.484 e. The number of nitrogens with zero attached hydrogens (tertiary/aromatic N) is 2. The highest BCUT2D eigenvalue weighted by atomic mass is 19.1. The van der Waals surface area contributed by atoms with Gasteiger partial charge >= 0.3 is 0 Å². The minimum absolute atomic E-state index is 0.179. The van der Waals surface area contributed by atoms with Gasteiger partial charge in [0.1, 0.15) is 29.1 Å². The normalized spacial score (nSPS) is 11.7. The third-order valence-electron chi connectivity index (χ3n) is 4.87. The second-order valence-electron chi connectivity index (χ2n) is 7.09. The van der Waals surface area contributed by atoms with E-state index < -0.39 is 5.91 Å². The van der Waals surface area contributed by atoms with Crippen LogP contribution in [0.5, 0.6) is 5.75 Å². The topological polar surface area (TPSA) is 132 Å². The molecule has 2 heterocycles. The molecule has 1 atom stereocenters. The molecule has 2 aromatic heterocycles. The predicted molar refractivity (Wildman–Crippen MR) is 120 cm³/mol. The van der Waals surface area contributed by atoms with Crippen LogP contribution in [0.3, 0.4) is 0 Å². The molecular weight excluding hydrogens is 411 g/mol. The van der Waals surface area contributed by atoms with Crippen LogP contribution in [-0.4, -0.2) is 21.1 Å². The molecule has 0 aliphatic carbocycles. The number of aromatic amines is 1. The Hall–Kier alpha value is -4.40. The lowest BCUT2D eigenvalue weighted by Gasteiger charge is -2.17. The van der Waals surface area contributed by atoms with E-state index in [2.05, 4.69) is 20.5 Å². The maximum absolute atomic E-state index is 13.2. The van der Waals surface area contributed by atoms with Gasteiger partial charge in [-0.3, -0.25) is 9.89 Å². The van der Waals surface area contributed by atoms with Crippen LogP contribution in [0.4, 0.5) is 21.7 Å². The van der Waals surface area contributed by atoms with Gasteiger partial charge in [0, 0.05) is 11.8 Å². The minimum atomic E-state index is -0.661. The molecule has 0 saturated heterocycles. The van der Waals surface area contributed by atoms with Gasteiger partial charge in [-0.2, -0.15) is 5.10 Å². The number of anilines is 3. The Balaban J connectivity index is 1.65. The predicted octanol–water partition coefficient (Wildman–Crippen LogP) is 4.18. The summed E-state index contributed by atoms with van der Waals surface area (Å²) >= 11 is 0. The van der Waals surface area contributed by atoms with Gasteiger partial charge in [0.2, 0.25) is 0 Å². The quantitative estimate of drug-likeness (QED) is 0.324. The van der Waals surface area contributed by atoms with Crippen molar-refractivity contribution in [2.75, 3.05) is 11.1 Å². The number of carbonyl (C=O) groups is 1. The van der Waals surface area contributed by atoms with Crippen LogP contribution in [-0.2, 0) is 0 Å². The lowest BCUT2D eigenvalue weighted by Crippen LogP contribution is -2.13. The summed E-state index contributed by atoms with van der Waals surface area (Å²) < 4.78 is 19.2. The van der Waals surface area contributed by atoms with Gasteiger partial charge in [-0.15, -0.1) is 0 Å². The van der Waals surface area contributed by atoms with E-state index in [1.54, 1.807) is 54.7 Å². The molecule has 0 saturated carbocycles. The number of primary amides is 1. The summed E-state index contributed by atoms with van der Waals surface area (Å²) in [5, 5.41) is 10.0. The first-order valence-electron chi connectivity index (χ1n) is 9.80. The summed E-state index contributed by atoms with van der Waals surface area (Å²) in [5.74, 6) is 0.193. The highest BCUT2D eigenvalue weighted by molar-refractivity contribution is 6.04. The molecule has 0 aliphatic rings. The van der Waals surface area contributed by atoms with E-state index in [0.29, 0.717) is 28.5 Å². The molecule has 162 valence electrons. The average molecular weight is 432 g/mol. The average Bonchev–Trinajstić information content (AvgIpc) is 3.20. The number of halogens is 1. The molecular formula is C23H21FN6O2. The third kappa shape index (κ3) is 4.36. The molecule has 0 bridgehead atoms. The van der Waals surface area contributed by atoms with Crippen LogP contribution < -0.4 is 21.5 Å². The monoisotopic (exact) mass is 432 g/mol. The van der Waals surface area contributed by atoms with Gasteiger partial charge in [0.05, 0.1) is 11.4 Å². The number of hydrogen-bond donors (Lipinski definition) is 4. The molecule has 9 heteroatoms. The van der Waals surface area contributed by atoms with Gasteiger partial charge in [-0.1, -0.05) is 24.3 Å². The number of nitrogen functional groups attached to an aromatic ring is 1. The molecule has 6 N–H and O–H groups in total. The molecule has 0 spiro atoms. The maximum atomic E-state index is 13.2. The Morgan fingerprint density at radius 3 is 2.62 bits per heavy atom. The van der Waals surface area contributed by atoms with Crippen molar-refractivity contribution in [1.82, 2.24) is 15.2 Å². The summed E-state index contributed by atoms with van der Waals surface area (Å²) in [5.41, 5.74) is 14.1. The van der Waals surface area contributed by atoms with E-state index in [1.807, 2.05) is 6.92 Å². The molecule has 4 rings (SSSR count). The van der Waals surface area contributed by atoms with E-state index in [1.165, 1.54) is 12.1 Å². The van der Waals surface area contributed by atoms with Crippen molar-refractivity contribution in [1.29, 1.82) is 0 Å². The second kappa shape index (κ2) is 8.76. The SMILES string of the molecule is C[C@H](Oc1cc(-c2[nH]nc(Nc3ccccn3)c2C(N)=O)ccc1N)c1ccc(F)cc1. The van der Waals surface area contributed by atoms with Crippen LogP contribution in [0, 0.1) is 5.82 Å². The number of nitrogens with one attached hydrogen (secondary N) is 2. The molecule has 4 aromatic rings. The lowest BCUT2D eigenvalue weighted by atomic mass is 10.1. The summed E-state index contributed by atoms with van der Waals surface area (Å²) in [4.78, 5) is 16.4. The zero-order chi connectivity index (χ0) is 22.7. The van der Waals surface area contributed by atoms with Crippen LogP contribution in [0.2, 0.25) is 0 Å². The molecule has 2 aromatic carbocycles. The van der Waals surface area contributed by atoms with E-state index in [9.17, 15) is 9.18 Å². The van der Waals surface area contributed by atoms with E-state index in [-0.39, 0.29) is 23.3 Å². The van der Waals surface area contributed by atoms with Crippen LogP contribution in [0.1, 0.15) is 28.9 Å². The maximum Gasteiger partial charge on any atom is 0.254 e. The Morgan fingerprint density at radius 2 is 1.94 bits per heavy atom. The van der Waals surface area contributed by atoms with Crippen molar-refractivity contribution in [3.63, 3.8) is 0 Å². The van der Waals surface area contributed by atoms with Crippen molar-refractivity contribution >= 4 is 23.2 Å². The molecule has 8 nitrogen and oxygen atoms in total. The Kier molecular flexibility index (Phi) is 5.71. The number of H-pyrrole nitrogens is 1. The number of hydrogen-bond acceptors (Lipinski definition) is 6. The van der Waals surface area contributed by atoms with Crippen molar-refractivity contribution in [2.24, 2.45) is 5.73 Å². The third-order valence-corrected chi connectivity index (χ3v) is 4.87. The first-order chi connectivity index (χ1) is 15.4. The van der Waals surface area contributed by atoms with Crippen molar-refractivity contribution in [2.45, 2.75) is 13.0 Å². The van der Waals surface area contributed by atoms with Crippen molar-refractivity contribution in [3.8, 4) is 17.0 Å². The fourth-order valence-electron chi connectivity index (χ4n) is 3.22. The zero-order valence-corrected chi connectivity index (χ0v) is 17.2. The van der Waals surface area contributed by atoms with Crippen LogP contribution in [0.25, 0.3) is 11.3 Å². The molecule has 0 unspecified atom stereocenters. The number of carbonyl (C=O) groups excluding carboxylic acids is 1. The largest absolute Gasteiger partial charge is 0.484 e. The smallest absolute Gasteiger partial charge is 0.254 e. The molecule has 0 aliphatic heterocycles. The first-order valence-corrected chi connectivity index (χ1v) is 9.80. The zero-order valence-electron chi connectivity index (χ0n) is 17.2. The Bertz CT molecular complexity index is 1240. The standard InChI is InChI=1S/C23H21FN6O2/c1-13(14-5-8-16(24)9-6-14)32-18-12-15(7-10-17(18)25)21-20(22(26)31)23(30-29-21)28-19-4-2-3-11-27-19/h2-13H,25H2,1H3,(H2,26,31)(H2,27,28,29,30)/t13-/m0/s1. The van der Waals surface area contributed by atoms with E-state index >= 15 is 0 Å². The highest BCUT2D eigenvalue weighted by Crippen LogP contribution is 2.34. The Labute approximate surface area is 183 Å². The first kappa shape index (κ1) is 20.9. The molecule has 1 amide bonds. The van der Waals surface area contributed by atoms with Gasteiger partial charge in [0.25, 0.3) is 5.91 Å². The van der Waals surface area contributed by atoms with Gasteiger partial charge in [-0.05, 0) is 48.9 Å². The fourth-order valence-corrected chi connectivity index (χ4v) is 3.22. The summed E-state index contributed by atoms with van der Waals surface area (Å²) in [6.07, 6.45) is 1.23. The molecule has 32 heavy (non-hydrogen) atoms. The molecule has 0 fully saturated rings. The van der Waals surface area contributed by atoms with Crippen molar-refractivity contribution < 1.29 is 13.9 Å². The fraction of sp³-hybridized carbons (Fsp3) is 0.0870. The van der Waals surface area contributed by atoms with Gasteiger partial charge in [0.15, 0.2) is 5.82 Å². The van der Waals surface area contributed by atoms with E-state index in [4.69, 9.17) is 16.2 Å². The number of aromatic nitrogens is 3. The van der Waals surface area contributed by atoms with Gasteiger partial charge < -0.3 is 21.5 Å². The number of nitrogens with two attached hydrogens (primary N) is 2. The molecule has 0 radical (unpaired) electrons. The number of pyridine rings is 1. The van der Waals surface area contributed by atoms with Gasteiger partial charge in [-0.25, -0.2) is 9.37 Å². The summed E-state index contributed by atoms with van der Waals surface area (Å²) in [6.45, 7) is 1.83. The van der Waals surface area contributed by atoms with Crippen LogP contribution in [0.15, 0.2) is 66.9 Å². The van der Waals surface area contributed by atoms with E-state index in [0.717, 1.165) is 5.56 Å². The number of rotatable bonds is 7. The number of ether oxygens (including phenoxy) is 1. The second-order valence-corrected chi connectivity index (χ2v) is 7.09. The number of benzene rings is 2.